The van der Waals surface area contributed by atoms with Crippen LogP contribution in [-0.4, -0.2) is 22.8 Å². The molecule has 0 radical (unpaired) electrons. The summed E-state index contributed by atoms with van der Waals surface area (Å²) in [5.41, 5.74) is 3.31. The van der Waals surface area contributed by atoms with Gasteiger partial charge in [-0.3, -0.25) is 4.79 Å². The zero-order valence-electron chi connectivity index (χ0n) is 17.3. The number of carboxylic acids is 1. The summed E-state index contributed by atoms with van der Waals surface area (Å²) < 4.78 is 12.0. The first-order valence-corrected chi connectivity index (χ1v) is 10.5. The highest BCUT2D eigenvalue weighted by molar-refractivity contribution is 5.68. The van der Waals surface area contributed by atoms with Crippen molar-refractivity contribution in [2.24, 2.45) is 0 Å². The number of rotatable bonds is 8. The van der Waals surface area contributed by atoms with Gasteiger partial charge in [-0.05, 0) is 55.4 Å². The summed E-state index contributed by atoms with van der Waals surface area (Å²) in [6.07, 6.45) is 4.93. The van der Waals surface area contributed by atoms with Gasteiger partial charge in [0.15, 0.2) is 0 Å². The molecule has 1 unspecified atom stereocenters. The molecule has 30 heavy (non-hydrogen) atoms. The maximum absolute atomic E-state index is 11.0. The minimum atomic E-state index is -0.894. The van der Waals surface area contributed by atoms with E-state index < -0.39 is 11.6 Å². The van der Waals surface area contributed by atoms with Crippen molar-refractivity contribution in [2.75, 3.05) is 6.61 Å². The second kappa shape index (κ2) is 8.15. The number of fused-ring (bicyclic) bond motifs is 2. The van der Waals surface area contributed by atoms with E-state index in [-0.39, 0.29) is 18.4 Å². The average Bonchev–Trinajstić information content (AvgIpc) is 3.30. The smallest absolute Gasteiger partial charge is 0.304 e. The van der Waals surface area contributed by atoms with Crippen molar-refractivity contribution in [1.82, 2.24) is 0 Å². The number of carbonyl (C=O) groups is 1. The highest BCUT2D eigenvalue weighted by Gasteiger charge is 2.33. The van der Waals surface area contributed by atoms with Gasteiger partial charge in [0, 0.05) is 17.5 Å². The van der Waals surface area contributed by atoms with Gasteiger partial charge < -0.3 is 19.7 Å². The van der Waals surface area contributed by atoms with E-state index in [9.17, 15) is 9.90 Å². The summed E-state index contributed by atoms with van der Waals surface area (Å²) in [5.74, 6) is 0.489. The molecule has 2 aromatic carbocycles. The second-order valence-corrected chi connectivity index (χ2v) is 8.43. The number of aliphatic carboxylic acids is 1. The van der Waals surface area contributed by atoms with Gasteiger partial charge in [-0.25, -0.2) is 0 Å². The number of carboxylic acid groups (broad SMARTS) is 1. The quantitative estimate of drug-likeness (QED) is 0.609. The molecule has 4 rings (SSSR count). The van der Waals surface area contributed by atoms with Crippen LogP contribution in [0, 0.1) is 0 Å². The Morgan fingerprint density at radius 3 is 2.93 bits per heavy atom. The van der Waals surface area contributed by atoms with E-state index in [0.717, 1.165) is 36.0 Å². The molecular formula is C25H28O5. The topological polar surface area (TPSA) is 76.0 Å². The monoisotopic (exact) mass is 408 g/mol. The number of hydrogen-bond donors (Lipinski definition) is 2. The lowest BCUT2D eigenvalue weighted by Crippen LogP contribution is -2.22. The molecular weight excluding hydrogens is 380 g/mol. The average molecular weight is 408 g/mol. The van der Waals surface area contributed by atoms with Gasteiger partial charge in [0.25, 0.3) is 0 Å². The summed E-state index contributed by atoms with van der Waals surface area (Å²) in [5, 5.41) is 20.1. The van der Waals surface area contributed by atoms with Crippen molar-refractivity contribution in [3.8, 4) is 11.5 Å². The summed E-state index contributed by atoms with van der Waals surface area (Å²) in [6, 6.07) is 11.7. The molecule has 1 aliphatic heterocycles. The fourth-order valence-corrected chi connectivity index (χ4v) is 4.64. The Bertz CT molecular complexity index is 962. The Balaban J connectivity index is 1.53. The van der Waals surface area contributed by atoms with E-state index in [0.29, 0.717) is 24.5 Å². The van der Waals surface area contributed by atoms with E-state index >= 15 is 0 Å². The summed E-state index contributed by atoms with van der Waals surface area (Å²) in [7, 11) is 0. The number of aliphatic hydroxyl groups is 1. The SMILES string of the molecule is C=CCC[C@@](C)(O)c1cccc2c1CC[C@@H]2Oc1ccc2c(c1)OCC2CC(=O)O. The highest BCUT2D eigenvalue weighted by atomic mass is 16.5. The van der Waals surface area contributed by atoms with Gasteiger partial charge in [0.05, 0.1) is 18.6 Å². The molecule has 2 N–H and O–H groups in total. The van der Waals surface area contributed by atoms with Crippen molar-refractivity contribution in [1.29, 1.82) is 0 Å². The molecule has 0 fully saturated rings. The van der Waals surface area contributed by atoms with Crippen molar-refractivity contribution < 1.29 is 24.5 Å². The molecule has 0 amide bonds. The van der Waals surface area contributed by atoms with E-state index in [1.807, 2.05) is 43.3 Å². The lowest BCUT2D eigenvalue weighted by Gasteiger charge is -2.26. The third-order valence-corrected chi connectivity index (χ3v) is 6.20. The van der Waals surface area contributed by atoms with Gasteiger partial charge in [-0.1, -0.05) is 30.3 Å². The summed E-state index contributed by atoms with van der Waals surface area (Å²) in [4.78, 5) is 11.0. The minimum absolute atomic E-state index is 0.0672. The van der Waals surface area contributed by atoms with Gasteiger partial charge in [-0.15, -0.1) is 6.58 Å². The Hall–Kier alpha value is -2.79. The third-order valence-electron chi connectivity index (χ3n) is 6.20. The molecule has 5 heteroatoms. The van der Waals surface area contributed by atoms with Crippen LogP contribution in [0.25, 0.3) is 0 Å². The van der Waals surface area contributed by atoms with E-state index in [4.69, 9.17) is 14.6 Å². The minimum Gasteiger partial charge on any atom is -0.492 e. The van der Waals surface area contributed by atoms with E-state index in [2.05, 4.69) is 12.6 Å². The molecule has 2 aromatic rings. The molecule has 0 saturated carbocycles. The fraction of sp³-hybridized carbons (Fsp3) is 0.400. The first-order chi connectivity index (χ1) is 14.4. The molecule has 0 aromatic heterocycles. The van der Waals surface area contributed by atoms with Gasteiger partial charge in [-0.2, -0.15) is 0 Å². The largest absolute Gasteiger partial charge is 0.492 e. The Morgan fingerprint density at radius 2 is 2.17 bits per heavy atom. The van der Waals surface area contributed by atoms with Crippen LogP contribution in [0.1, 0.15) is 66.9 Å². The van der Waals surface area contributed by atoms with Crippen molar-refractivity contribution in [3.63, 3.8) is 0 Å². The normalized spacial score (nSPS) is 21.3. The van der Waals surface area contributed by atoms with Crippen LogP contribution in [0.15, 0.2) is 49.1 Å². The Kier molecular flexibility index (Phi) is 5.56. The Morgan fingerprint density at radius 1 is 1.33 bits per heavy atom. The second-order valence-electron chi connectivity index (χ2n) is 8.43. The number of ether oxygens (including phenoxy) is 2. The predicted molar refractivity (Wildman–Crippen MR) is 114 cm³/mol. The number of hydrogen-bond acceptors (Lipinski definition) is 4. The molecule has 1 heterocycles. The molecule has 0 spiro atoms. The first-order valence-electron chi connectivity index (χ1n) is 10.5. The van der Waals surface area contributed by atoms with Crippen LogP contribution in [0.3, 0.4) is 0 Å². The lowest BCUT2D eigenvalue weighted by molar-refractivity contribution is -0.137. The molecule has 0 bridgehead atoms. The van der Waals surface area contributed by atoms with Gasteiger partial charge in [0.2, 0.25) is 0 Å². The van der Waals surface area contributed by atoms with Crippen LogP contribution in [0.5, 0.6) is 11.5 Å². The van der Waals surface area contributed by atoms with Crippen LogP contribution >= 0.6 is 0 Å². The standard InChI is InChI=1S/C25H28O5/c1-3-4-12-25(2,28)21-7-5-6-20-19(21)10-11-22(20)30-17-8-9-18-16(13-24(26)27)15-29-23(18)14-17/h3,5-9,14,16,22,28H,1,4,10-13,15H2,2H3,(H,26,27)/t16?,22-,25+/m0/s1. The zero-order valence-corrected chi connectivity index (χ0v) is 17.3. The summed E-state index contributed by atoms with van der Waals surface area (Å²) in [6.45, 7) is 6.02. The summed E-state index contributed by atoms with van der Waals surface area (Å²) >= 11 is 0. The fourth-order valence-electron chi connectivity index (χ4n) is 4.64. The molecule has 158 valence electrons. The van der Waals surface area contributed by atoms with Crippen LogP contribution in [0.2, 0.25) is 0 Å². The van der Waals surface area contributed by atoms with Crippen molar-refractivity contribution in [2.45, 2.75) is 56.7 Å². The molecule has 0 saturated heterocycles. The van der Waals surface area contributed by atoms with Crippen molar-refractivity contribution in [3.05, 3.63) is 71.3 Å². The molecule has 3 atom stereocenters. The van der Waals surface area contributed by atoms with Gasteiger partial charge in [0.1, 0.15) is 17.6 Å². The Labute approximate surface area is 177 Å². The van der Waals surface area contributed by atoms with Crippen LogP contribution in [0.4, 0.5) is 0 Å². The predicted octanol–water partition coefficient (Wildman–Crippen LogP) is 4.88. The van der Waals surface area contributed by atoms with E-state index in [1.165, 1.54) is 5.56 Å². The first kappa shape index (κ1) is 20.5. The van der Waals surface area contributed by atoms with Crippen LogP contribution in [-0.2, 0) is 16.8 Å². The molecule has 1 aliphatic carbocycles. The van der Waals surface area contributed by atoms with Crippen LogP contribution < -0.4 is 9.47 Å². The molecule has 5 nitrogen and oxygen atoms in total. The zero-order chi connectivity index (χ0) is 21.3. The highest BCUT2D eigenvalue weighted by Crippen LogP contribution is 2.43. The molecule has 2 aliphatic rings. The maximum atomic E-state index is 11.0. The number of allylic oxidation sites excluding steroid dienone is 1. The third kappa shape index (κ3) is 3.94. The number of benzene rings is 2. The van der Waals surface area contributed by atoms with Gasteiger partial charge >= 0.3 is 5.97 Å². The van der Waals surface area contributed by atoms with Crippen molar-refractivity contribution >= 4 is 5.97 Å². The van der Waals surface area contributed by atoms with E-state index in [1.54, 1.807) is 0 Å². The maximum Gasteiger partial charge on any atom is 0.304 e. The lowest BCUT2D eigenvalue weighted by atomic mass is 9.86.